The largest absolute Gasteiger partial charge is 0.435 e. The Morgan fingerprint density at radius 1 is 1.06 bits per heavy atom. The van der Waals surface area contributed by atoms with Crippen molar-refractivity contribution in [1.82, 2.24) is 35.0 Å². The zero-order valence-electron chi connectivity index (χ0n) is 16.8. The van der Waals surface area contributed by atoms with E-state index in [9.17, 15) is 22.0 Å². The minimum Gasteiger partial charge on any atom is -0.435 e. The van der Waals surface area contributed by atoms with Gasteiger partial charge in [-0.2, -0.15) is 26.6 Å². The van der Waals surface area contributed by atoms with E-state index in [2.05, 4.69) is 30.5 Å². The van der Waals surface area contributed by atoms with E-state index in [4.69, 9.17) is 4.74 Å². The average molecular weight is 492 g/mol. The van der Waals surface area contributed by atoms with E-state index in [1.807, 2.05) is 0 Å². The monoisotopic (exact) mass is 492 g/mol. The molecular weight excluding hydrogens is 475 g/mol. The molecular formula is C17H17F5N8O2S. The number of morpholine rings is 1. The highest BCUT2D eigenvalue weighted by atomic mass is 32.2. The topological polar surface area (TPSA) is 96.0 Å². The number of aromatic nitrogens is 7. The summed E-state index contributed by atoms with van der Waals surface area (Å²) in [6, 6.07) is 5.61. The molecule has 1 aliphatic heterocycles. The molecule has 0 amide bonds. The van der Waals surface area contributed by atoms with Crippen LogP contribution in [0.3, 0.4) is 0 Å². The van der Waals surface area contributed by atoms with E-state index in [-0.39, 0.29) is 22.6 Å². The third-order valence-corrected chi connectivity index (χ3v) is 5.46. The summed E-state index contributed by atoms with van der Waals surface area (Å²) in [4.78, 5) is 1.69. The molecule has 16 heteroatoms. The van der Waals surface area contributed by atoms with Crippen LogP contribution in [-0.2, 0) is 17.0 Å². The van der Waals surface area contributed by atoms with Crippen molar-refractivity contribution < 1.29 is 31.4 Å². The van der Waals surface area contributed by atoms with Gasteiger partial charge in [-0.05, 0) is 34.7 Å². The van der Waals surface area contributed by atoms with Gasteiger partial charge in [0.2, 0.25) is 5.95 Å². The second kappa shape index (κ2) is 9.86. The van der Waals surface area contributed by atoms with E-state index in [1.165, 1.54) is 28.9 Å². The fourth-order valence-corrected chi connectivity index (χ4v) is 3.94. The van der Waals surface area contributed by atoms with Crippen LogP contribution in [0.1, 0.15) is 5.82 Å². The molecule has 2 aromatic heterocycles. The van der Waals surface area contributed by atoms with Gasteiger partial charge in [-0.1, -0.05) is 11.8 Å². The van der Waals surface area contributed by atoms with Gasteiger partial charge in [0.15, 0.2) is 11.0 Å². The SMILES string of the molecule is FC(F)Oc1ccc(-n2nnnc2CSc2nnc(N3CCOCC3)n2CC(F)(F)F)cc1. The van der Waals surface area contributed by atoms with Gasteiger partial charge in [0.1, 0.15) is 12.3 Å². The Balaban J connectivity index is 1.52. The highest BCUT2D eigenvalue weighted by Gasteiger charge is 2.33. The lowest BCUT2D eigenvalue weighted by Gasteiger charge is -2.28. The standard InChI is InChI=1S/C17H17F5N8O2S/c18-14(19)32-12-3-1-11(2-4-12)30-13(23-26-27-30)9-33-16-25-24-15(28-5-7-31-8-6-28)29(16)10-17(20,21)22/h1-4,14H,5-10H2. The molecule has 1 aliphatic rings. The van der Waals surface area contributed by atoms with Crippen LogP contribution >= 0.6 is 11.8 Å². The predicted molar refractivity (Wildman–Crippen MR) is 104 cm³/mol. The van der Waals surface area contributed by atoms with Gasteiger partial charge in [-0.25, -0.2) is 0 Å². The minimum absolute atomic E-state index is 0.0337. The lowest BCUT2D eigenvalue weighted by atomic mass is 10.3. The molecule has 0 N–H and O–H groups in total. The maximum Gasteiger partial charge on any atom is 0.406 e. The molecule has 1 saturated heterocycles. The molecule has 3 aromatic rings. The average Bonchev–Trinajstić information content (AvgIpc) is 3.39. The molecule has 0 spiro atoms. The van der Waals surface area contributed by atoms with Crippen LogP contribution in [0.25, 0.3) is 5.69 Å². The van der Waals surface area contributed by atoms with Crippen molar-refractivity contribution in [2.75, 3.05) is 31.2 Å². The summed E-state index contributed by atoms with van der Waals surface area (Å²) >= 11 is 0.995. The van der Waals surface area contributed by atoms with Crippen LogP contribution in [0, 0.1) is 0 Å². The van der Waals surface area contributed by atoms with Crippen LogP contribution in [0.5, 0.6) is 5.75 Å². The predicted octanol–water partition coefficient (Wildman–Crippen LogP) is 2.55. The lowest BCUT2D eigenvalue weighted by Crippen LogP contribution is -2.38. The van der Waals surface area contributed by atoms with E-state index in [1.54, 1.807) is 4.90 Å². The van der Waals surface area contributed by atoms with Crippen molar-refractivity contribution in [2.45, 2.75) is 30.2 Å². The second-order valence-electron chi connectivity index (χ2n) is 6.75. The smallest absolute Gasteiger partial charge is 0.406 e. The second-order valence-corrected chi connectivity index (χ2v) is 7.69. The number of anilines is 1. The Morgan fingerprint density at radius 3 is 2.45 bits per heavy atom. The number of hydrogen-bond donors (Lipinski definition) is 0. The summed E-state index contributed by atoms with van der Waals surface area (Å²) in [5.74, 6) is 0.486. The van der Waals surface area contributed by atoms with Gasteiger partial charge in [0, 0.05) is 13.1 Å². The van der Waals surface area contributed by atoms with Gasteiger partial charge in [-0.3, -0.25) is 4.57 Å². The summed E-state index contributed by atoms with van der Waals surface area (Å²) in [7, 11) is 0. The minimum atomic E-state index is -4.47. The van der Waals surface area contributed by atoms with Crippen molar-refractivity contribution in [3.8, 4) is 11.4 Å². The van der Waals surface area contributed by atoms with Crippen LogP contribution in [0.4, 0.5) is 27.9 Å². The van der Waals surface area contributed by atoms with Crippen LogP contribution in [-0.4, -0.2) is 74.1 Å². The fourth-order valence-electron chi connectivity index (χ4n) is 3.10. The van der Waals surface area contributed by atoms with E-state index < -0.39 is 19.3 Å². The van der Waals surface area contributed by atoms with E-state index >= 15 is 0 Å². The Hall–Kier alpha value is -3.01. The zero-order chi connectivity index (χ0) is 23.4. The first-order valence-electron chi connectivity index (χ1n) is 9.58. The summed E-state index contributed by atoms with van der Waals surface area (Å²) in [6.07, 6.45) is -4.47. The first-order chi connectivity index (χ1) is 15.8. The molecule has 0 atom stereocenters. The summed E-state index contributed by atoms with van der Waals surface area (Å²) in [5, 5.41) is 19.3. The number of halogens is 5. The van der Waals surface area contributed by atoms with E-state index in [0.717, 1.165) is 16.3 Å². The maximum absolute atomic E-state index is 13.2. The zero-order valence-corrected chi connectivity index (χ0v) is 17.6. The molecule has 178 valence electrons. The van der Waals surface area contributed by atoms with Gasteiger partial charge in [0.25, 0.3) is 0 Å². The molecule has 1 fully saturated rings. The Bertz CT molecular complexity index is 1050. The van der Waals surface area contributed by atoms with Crippen molar-refractivity contribution in [3.63, 3.8) is 0 Å². The van der Waals surface area contributed by atoms with Gasteiger partial charge < -0.3 is 14.4 Å². The van der Waals surface area contributed by atoms with Crippen molar-refractivity contribution in [2.24, 2.45) is 0 Å². The molecule has 3 heterocycles. The Morgan fingerprint density at radius 2 is 1.79 bits per heavy atom. The van der Waals surface area contributed by atoms with Crippen molar-refractivity contribution in [3.05, 3.63) is 30.1 Å². The van der Waals surface area contributed by atoms with Crippen molar-refractivity contribution >= 4 is 17.7 Å². The number of ether oxygens (including phenoxy) is 2. The molecule has 0 radical (unpaired) electrons. The van der Waals surface area contributed by atoms with Crippen LogP contribution in [0.15, 0.2) is 29.4 Å². The molecule has 0 aliphatic carbocycles. The van der Waals surface area contributed by atoms with Gasteiger partial charge >= 0.3 is 12.8 Å². The number of rotatable bonds is 8. The summed E-state index contributed by atoms with van der Waals surface area (Å²) < 4.78 is 76.3. The van der Waals surface area contributed by atoms with Crippen molar-refractivity contribution in [1.29, 1.82) is 0 Å². The molecule has 0 bridgehead atoms. The molecule has 1 aromatic carbocycles. The van der Waals surface area contributed by atoms with Gasteiger partial charge in [0.05, 0.1) is 24.7 Å². The number of thioether (sulfide) groups is 1. The highest BCUT2D eigenvalue weighted by molar-refractivity contribution is 7.98. The molecule has 0 saturated carbocycles. The quantitative estimate of drug-likeness (QED) is 0.347. The normalized spacial score (nSPS) is 14.8. The number of hydrogen-bond acceptors (Lipinski definition) is 9. The summed E-state index contributed by atoms with van der Waals surface area (Å²) in [6.45, 7) is -2.61. The van der Waals surface area contributed by atoms with Gasteiger partial charge in [-0.15, -0.1) is 15.3 Å². The first kappa shape index (κ1) is 23.2. The third kappa shape index (κ3) is 5.87. The Kier molecular flexibility index (Phi) is 6.92. The first-order valence-corrected chi connectivity index (χ1v) is 10.6. The molecule has 4 rings (SSSR count). The lowest BCUT2D eigenvalue weighted by molar-refractivity contribution is -0.141. The number of tetrazole rings is 1. The summed E-state index contributed by atoms with van der Waals surface area (Å²) in [5.41, 5.74) is 0.461. The Labute approximate surface area is 187 Å². The maximum atomic E-state index is 13.2. The number of nitrogens with zero attached hydrogens (tertiary/aromatic N) is 8. The fraction of sp³-hybridized carbons (Fsp3) is 0.471. The molecule has 10 nitrogen and oxygen atoms in total. The van der Waals surface area contributed by atoms with Crippen LogP contribution < -0.4 is 9.64 Å². The number of benzene rings is 1. The van der Waals surface area contributed by atoms with Crippen LogP contribution in [0.2, 0.25) is 0 Å². The third-order valence-electron chi connectivity index (χ3n) is 4.50. The van der Waals surface area contributed by atoms with E-state index in [0.29, 0.717) is 37.8 Å². The number of alkyl halides is 5. The molecule has 0 unspecified atom stereocenters. The highest BCUT2D eigenvalue weighted by Crippen LogP contribution is 2.29. The molecule has 33 heavy (non-hydrogen) atoms.